The number of amides is 1. The van der Waals surface area contributed by atoms with Crippen molar-refractivity contribution in [3.8, 4) is 11.1 Å². The lowest BCUT2D eigenvalue weighted by Gasteiger charge is -2.12. The van der Waals surface area contributed by atoms with Crippen LogP contribution in [0.15, 0.2) is 36.4 Å². The van der Waals surface area contributed by atoms with Gasteiger partial charge in [-0.15, -0.1) is 9.24 Å². The van der Waals surface area contributed by atoms with Gasteiger partial charge in [0.2, 0.25) is 0 Å². The molecular weight excluding hydrogens is 468 g/mol. The van der Waals surface area contributed by atoms with Gasteiger partial charge in [-0.1, -0.05) is 51.5 Å². The van der Waals surface area contributed by atoms with Crippen LogP contribution in [0.1, 0.15) is 61.7 Å². The van der Waals surface area contributed by atoms with Crippen LogP contribution in [0.25, 0.3) is 22.8 Å². The van der Waals surface area contributed by atoms with E-state index in [0.717, 1.165) is 41.6 Å². The van der Waals surface area contributed by atoms with Gasteiger partial charge in [-0.05, 0) is 86.4 Å². The summed E-state index contributed by atoms with van der Waals surface area (Å²) in [5.41, 5.74) is 7.82. The zero-order chi connectivity index (χ0) is 26.4. The second kappa shape index (κ2) is 12.5. The highest BCUT2D eigenvalue weighted by molar-refractivity contribution is 7.28. The monoisotopic (exact) mass is 507 g/mol. The average molecular weight is 508 g/mol. The minimum Gasteiger partial charge on any atom is -0.359 e. The molecule has 4 nitrogen and oxygen atoms in total. The second-order valence-electron chi connectivity index (χ2n) is 9.47. The minimum absolute atomic E-state index is 0.165. The molecule has 0 bridgehead atoms. The largest absolute Gasteiger partial charge is 0.359 e. The molecule has 2 atom stereocenters. The maximum Gasteiger partial charge on any atom is 0.256 e. The van der Waals surface area contributed by atoms with Gasteiger partial charge < -0.3 is 15.6 Å². The number of hydrogen-bond acceptors (Lipinski definition) is 2. The number of halogens is 1. The van der Waals surface area contributed by atoms with Gasteiger partial charge in [-0.2, -0.15) is 0 Å². The van der Waals surface area contributed by atoms with Crippen molar-refractivity contribution in [2.24, 2.45) is 5.92 Å². The van der Waals surface area contributed by atoms with Gasteiger partial charge in [0.25, 0.3) is 5.91 Å². The van der Waals surface area contributed by atoms with Crippen molar-refractivity contribution < 1.29 is 9.18 Å². The summed E-state index contributed by atoms with van der Waals surface area (Å²) in [4.78, 5) is 16.4. The molecule has 36 heavy (non-hydrogen) atoms. The molecule has 4 rings (SSSR count). The van der Waals surface area contributed by atoms with Crippen LogP contribution in [0.5, 0.6) is 0 Å². The Morgan fingerprint density at radius 3 is 2.44 bits per heavy atom. The van der Waals surface area contributed by atoms with Crippen LogP contribution in [-0.2, 0) is 11.2 Å². The summed E-state index contributed by atoms with van der Waals surface area (Å²) in [5.74, 6) is 0.216. The van der Waals surface area contributed by atoms with E-state index in [1.807, 2.05) is 37.4 Å². The standard InChI is InChI=1S/C27H30FN2OP.C3H9N/c1-5-15(2)12-13-18-16(3)23(29-17(18)4)14-20-25-19(8-6-10-22(25)30-27(20)31)26-21(28)9-7-11-24(26)32;1-3-4-2/h6-11,14-15,29H,5,12-13,32H2,1-4H3,(H,30,31);4H,3H2,1-2H3/b20-14-;. The summed E-state index contributed by atoms with van der Waals surface area (Å²) < 4.78 is 14.8. The highest BCUT2D eigenvalue weighted by Crippen LogP contribution is 2.41. The van der Waals surface area contributed by atoms with Crippen molar-refractivity contribution in [2.75, 3.05) is 18.9 Å². The van der Waals surface area contributed by atoms with Gasteiger partial charge in [0.15, 0.2) is 0 Å². The third kappa shape index (κ3) is 5.96. The van der Waals surface area contributed by atoms with Crippen LogP contribution in [0.4, 0.5) is 10.1 Å². The van der Waals surface area contributed by atoms with Crippen molar-refractivity contribution in [1.29, 1.82) is 0 Å². The summed E-state index contributed by atoms with van der Waals surface area (Å²) in [6, 6.07) is 10.6. The fourth-order valence-corrected chi connectivity index (χ4v) is 4.90. The topological polar surface area (TPSA) is 56.9 Å². The molecule has 1 amide bonds. The number of benzene rings is 2. The number of nitrogens with one attached hydrogen (secondary N) is 3. The van der Waals surface area contributed by atoms with Crippen LogP contribution in [-0.4, -0.2) is 24.5 Å². The molecular formula is C30H39FN3OP. The summed E-state index contributed by atoms with van der Waals surface area (Å²) in [5, 5.41) is 6.65. The molecule has 0 aliphatic carbocycles. The van der Waals surface area contributed by atoms with Gasteiger partial charge in [-0.25, -0.2) is 4.39 Å². The molecule has 1 aliphatic heterocycles. The Hall–Kier alpha value is -2.75. The Morgan fingerprint density at radius 2 is 1.81 bits per heavy atom. The van der Waals surface area contributed by atoms with Crippen LogP contribution >= 0.6 is 9.24 Å². The van der Waals surface area contributed by atoms with Gasteiger partial charge >= 0.3 is 0 Å². The van der Waals surface area contributed by atoms with E-state index in [2.05, 4.69) is 59.5 Å². The number of carbonyl (C=O) groups excluding carboxylic acids is 1. The van der Waals surface area contributed by atoms with E-state index in [-0.39, 0.29) is 11.7 Å². The van der Waals surface area contributed by atoms with E-state index in [4.69, 9.17) is 0 Å². The highest BCUT2D eigenvalue weighted by Gasteiger charge is 2.29. The Labute approximate surface area is 217 Å². The third-order valence-electron chi connectivity index (χ3n) is 7.00. The van der Waals surface area contributed by atoms with Gasteiger partial charge in [-0.3, -0.25) is 4.79 Å². The number of carbonyl (C=O) groups is 1. The number of anilines is 1. The molecule has 0 saturated heterocycles. The Bertz CT molecular complexity index is 1240. The van der Waals surface area contributed by atoms with Crippen LogP contribution in [0.2, 0.25) is 0 Å². The van der Waals surface area contributed by atoms with Crippen molar-refractivity contribution in [2.45, 2.75) is 53.9 Å². The second-order valence-corrected chi connectivity index (χ2v) is 10.1. The maximum atomic E-state index is 14.8. The third-order valence-corrected chi connectivity index (χ3v) is 7.48. The fourth-order valence-electron chi connectivity index (χ4n) is 4.49. The molecule has 0 saturated carbocycles. The van der Waals surface area contributed by atoms with Crippen molar-refractivity contribution in [1.82, 2.24) is 10.3 Å². The SMILES string of the molecule is CCC(C)CCc1c(C)[nH]c(/C=C2\C(=O)Nc3cccc(-c4c(F)cccc4P)c32)c1C.CCNC. The Morgan fingerprint density at radius 1 is 1.11 bits per heavy atom. The molecule has 192 valence electrons. The van der Waals surface area contributed by atoms with Crippen molar-refractivity contribution in [3.63, 3.8) is 0 Å². The zero-order valence-electron chi connectivity index (χ0n) is 22.3. The normalized spacial score (nSPS) is 14.3. The summed E-state index contributed by atoms with van der Waals surface area (Å²) >= 11 is 0. The van der Waals surface area contributed by atoms with Gasteiger partial charge in [0, 0.05) is 28.2 Å². The first-order valence-corrected chi connectivity index (χ1v) is 13.3. The first kappa shape index (κ1) is 27.8. The number of H-pyrrole nitrogens is 1. The molecule has 6 heteroatoms. The van der Waals surface area contributed by atoms with Crippen LogP contribution in [0, 0.1) is 25.6 Å². The molecule has 2 heterocycles. The highest BCUT2D eigenvalue weighted by atomic mass is 31.0. The predicted octanol–water partition coefficient (Wildman–Crippen LogP) is 6.64. The van der Waals surface area contributed by atoms with E-state index in [9.17, 15) is 9.18 Å². The molecule has 0 radical (unpaired) electrons. The van der Waals surface area contributed by atoms with Gasteiger partial charge in [0.05, 0.1) is 5.57 Å². The first-order chi connectivity index (χ1) is 17.2. The summed E-state index contributed by atoms with van der Waals surface area (Å²) in [6.45, 7) is 11.8. The molecule has 0 spiro atoms. The first-order valence-electron chi connectivity index (χ1n) is 12.8. The van der Waals surface area contributed by atoms with Crippen molar-refractivity contribution in [3.05, 3.63) is 70.3 Å². The lowest BCUT2D eigenvalue weighted by atomic mass is 9.93. The van der Waals surface area contributed by atoms with Gasteiger partial charge in [0.1, 0.15) is 5.82 Å². The lowest BCUT2D eigenvalue weighted by Crippen LogP contribution is -2.04. The van der Waals surface area contributed by atoms with Crippen molar-refractivity contribution >= 4 is 37.8 Å². The molecule has 1 aromatic heterocycles. The minimum atomic E-state index is -0.302. The Balaban J connectivity index is 0.000000840. The maximum absolute atomic E-state index is 14.8. The lowest BCUT2D eigenvalue weighted by molar-refractivity contribution is -0.110. The number of fused-ring (bicyclic) bond motifs is 1. The molecule has 3 N–H and O–H groups in total. The Kier molecular flexibility index (Phi) is 9.64. The molecule has 0 fully saturated rings. The number of rotatable bonds is 7. The van der Waals surface area contributed by atoms with Crippen LogP contribution in [0.3, 0.4) is 0 Å². The van der Waals surface area contributed by atoms with E-state index in [0.29, 0.717) is 28.3 Å². The average Bonchev–Trinajstić information content (AvgIpc) is 3.32. The molecule has 3 aromatic rings. The molecule has 2 aromatic carbocycles. The van der Waals surface area contributed by atoms with E-state index >= 15 is 0 Å². The van der Waals surface area contributed by atoms with E-state index in [1.165, 1.54) is 23.6 Å². The van der Waals surface area contributed by atoms with Crippen LogP contribution < -0.4 is 15.9 Å². The van der Waals surface area contributed by atoms with E-state index < -0.39 is 0 Å². The molecule has 1 aliphatic rings. The number of hydrogen-bond donors (Lipinski definition) is 3. The number of aryl methyl sites for hydroxylation is 1. The smallest absolute Gasteiger partial charge is 0.256 e. The van der Waals surface area contributed by atoms with E-state index in [1.54, 1.807) is 6.07 Å². The molecule has 2 unspecified atom stereocenters. The number of aromatic amines is 1. The summed E-state index contributed by atoms with van der Waals surface area (Å²) in [6.07, 6.45) is 5.26. The fraction of sp³-hybridized carbons (Fsp3) is 0.367. The zero-order valence-corrected chi connectivity index (χ0v) is 23.5. The summed E-state index contributed by atoms with van der Waals surface area (Å²) in [7, 11) is 4.53. The quantitative estimate of drug-likeness (QED) is 0.248. The number of aromatic nitrogens is 1. The predicted molar refractivity (Wildman–Crippen MR) is 155 cm³/mol.